The quantitative estimate of drug-likeness (QED) is 0.172. The molecule has 4 aliphatic rings. The van der Waals surface area contributed by atoms with E-state index in [1.165, 1.54) is 95.0 Å². The molecule has 0 atom stereocenters. The Hall–Kier alpha value is -5.80. The Morgan fingerprint density at radius 2 is 0.765 bits per heavy atom. The third-order valence-electron chi connectivity index (χ3n) is 12.5. The molecule has 7 aromatic carbocycles. The van der Waals surface area contributed by atoms with Gasteiger partial charge in [-0.15, -0.1) is 0 Å². The van der Waals surface area contributed by atoms with Gasteiger partial charge in [0.1, 0.15) is 0 Å². The van der Waals surface area contributed by atoms with E-state index in [0.717, 1.165) is 0 Å². The van der Waals surface area contributed by atoms with E-state index in [4.69, 9.17) is 0 Å². The highest BCUT2D eigenvalue weighted by molar-refractivity contribution is 7.00. The van der Waals surface area contributed by atoms with Gasteiger partial charge in [-0.05, 0) is 109 Å². The topological polar surface area (TPSA) is 6.48 Å². The average Bonchev–Trinajstić information content (AvgIpc) is 3.53. The first-order chi connectivity index (χ1) is 24.8. The third-order valence-corrected chi connectivity index (χ3v) is 12.5. The molecule has 3 heteroatoms. The fourth-order valence-corrected chi connectivity index (χ4v) is 10.1. The lowest BCUT2D eigenvalue weighted by molar-refractivity contribution is 0.660. The Morgan fingerprint density at radius 1 is 0.373 bits per heavy atom. The van der Waals surface area contributed by atoms with Gasteiger partial charge in [0, 0.05) is 45.0 Å². The average molecular weight is 653 g/mol. The van der Waals surface area contributed by atoms with Gasteiger partial charge >= 0.3 is 0 Å². The molecule has 2 nitrogen and oxygen atoms in total. The monoisotopic (exact) mass is 652 g/mol. The van der Waals surface area contributed by atoms with Crippen LogP contribution in [0.3, 0.4) is 0 Å². The van der Waals surface area contributed by atoms with Crippen LogP contribution in [0.2, 0.25) is 0 Å². The number of para-hydroxylation sites is 2. The second-order valence-electron chi connectivity index (χ2n) is 15.7. The summed E-state index contributed by atoms with van der Waals surface area (Å²) in [6.07, 6.45) is 0. The molecule has 2 aliphatic carbocycles. The van der Waals surface area contributed by atoms with Crippen molar-refractivity contribution < 1.29 is 0 Å². The molecule has 7 aromatic rings. The van der Waals surface area contributed by atoms with Crippen LogP contribution in [-0.2, 0) is 10.8 Å². The van der Waals surface area contributed by atoms with Crippen molar-refractivity contribution in [3.05, 3.63) is 174 Å². The summed E-state index contributed by atoms with van der Waals surface area (Å²) in [6.45, 7) is 9.62. The molecule has 0 fully saturated rings. The normalized spacial score (nSPS) is 16.0. The Balaban J connectivity index is 1.13. The molecule has 2 heterocycles. The Kier molecular flexibility index (Phi) is 5.64. The van der Waals surface area contributed by atoms with Crippen LogP contribution in [0.1, 0.15) is 49.9 Å². The zero-order valence-electron chi connectivity index (χ0n) is 29.4. The maximum absolute atomic E-state index is 2.53. The van der Waals surface area contributed by atoms with Gasteiger partial charge in [-0.25, -0.2) is 0 Å². The molecule has 0 aromatic heterocycles. The van der Waals surface area contributed by atoms with Crippen LogP contribution < -0.4 is 26.2 Å². The van der Waals surface area contributed by atoms with Crippen molar-refractivity contribution in [2.45, 2.75) is 38.5 Å². The summed E-state index contributed by atoms with van der Waals surface area (Å²) in [7, 11) is 0. The van der Waals surface area contributed by atoms with Gasteiger partial charge in [-0.3, -0.25) is 0 Å². The minimum absolute atomic E-state index is 0.0768. The number of benzene rings is 7. The van der Waals surface area contributed by atoms with E-state index in [0.29, 0.717) is 0 Å². The molecule has 0 spiro atoms. The van der Waals surface area contributed by atoms with E-state index in [2.05, 4.69) is 189 Å². The summed E-state index contributed by atoms with van der Waals surface area (Å²) in [5.74, 6) is 0. The van der Waals surface area contributed by atoms with Crippen LogP contribution in [0.15, 0.2) is 152 Å². The summed E-state index contributed by atoms with van der Waals surface area (Å²) in [4.78, 5) is 5.05. The summed E-state index contributed by atoms with van der Waals surface area (Å²) >= 11 is 0. The van der Waals surface area contributed by atoms with Gasteiger partial charge in [-0.1, -0.05) is 131 Å². The van der Waals surface area contributed by atoms with E-state index in [-0.39, 0.29) is 17.5 Å². The molecule has 51 heavy (non-hydrogen) atoms. The van der Waals surface area contributed by atoms with Gasteiger partial charge in [0.05, 0.1) is 0 Å². The highest BCUT2D eigenvalue weighted by Crippen LogP contribution is 2.53. The van der Waals surface area contributed by atoms with Crippen LogP contribution in [-0.4, -0.2) is 6.71 Å². The van der Waals surface area contributed by atoms with E-state index in [1.807, 2.05) is 0 Å². The first kappa shape index (κ1) is 29.0. The van der Waals surface area contributed by atoms with Gasteiger partial charge in [0.2, 0.25) is 0 Å². The van der Waals surface area contributed by atoms with Gasteiger partial charge in [-0.2, -0.15) is 0 Å². The molecule has 0 radical (unpaired) electrons. The molecular formula is C48H37BN2. The zero-order chi connectivity index (χ0) is 34.2. The predicted molar refractivity (Wildman–Crippen MR) is 216 cm³/mol. The zero-order valence-corrected chi connectivity index (χ0v) is 29.4. The number of rotatable bonds is 2. The molecule has 11 rings (SSSR count). The number of fused-ring (bicyclic) bond motifs is 10. The third kappa shape index (κ3) is 3.68. The van der Waals surface area contributed by atoms with Gasteiger partial charge in [0.25, 0.3) is 6.71 Å². The maximum atomic E-state index is 2.53. The minimum Gasteiger partial charge on any atom is -0.311 e. The van der Waals surface area contributed by atoms with Crippen molar-refractivity contribution in [1.29, 1.82) is 0 Å². The Morgan fingerprint density at radius 3 is 1.25 bits per heavy atom. The number of hydrogen-bond donors (Lipinski definition) is 0. The number of hydrogen-bond acceptors (Lipinski definition) is 2. The van der Waals surface area contributed by atoms with Crippen LogP contribution >= 0.6 is 0 Å². The molecular weight excluding hydrogens is 615 g/mol. The van der Waals surface area contributed by atoms with Crippen molar-refractivity contribution in [1.82, 2.24) is 0 Å². The minimum atomic E-state index is -0.0768. The van der Waals surface area contributed by atoms with Crippen molar-refractivity contribution in [2.24, 2.45) is 0 Å². The highest BCUT2D eigenvalue weighted by atomic mass is 15.2. The number of nitrogens with zero attached hydrogens (tertiary/aromatic N) is 2. The molecule has 0 saturated carbocycles. The second-order valence-corrected chi connectivity index (χ2v) is 15.7. The SMILES string of the molecule is CC1(C)c2ccccc2-c2ccc(N3c4ccccc4B4c5ccccc5N(c5ccc6c(c5)C(C)(C)c5ccccc5-6)c5cccc3c54)cc21. The molecule has 0 unspecified atom stereocenters. The standard InChI is InChI=1S/C48H37BN2/c1-47(2)36-16-7-5-14-32(36)34-26-24-30(28-38(34)47)50-42-20-11-9-18-40(42)49-41-19-10-12-21-43(41)51(45-23-13-22-44(50)46(45)49)31-25-27-35-33-15-6-8-17-37(33)48(3,4)39(35)29-31/h5-29H,1-4H3. The van der Waals surface area contributed by atoms with Crippen LogP contribution in [0.5, 0.6) is 0 Å². The Bertz CT molecular complexity index is 2450. The van der Waals surface area contributed by atoms with Crippen LogP contribution in [0, 0.1) is 0 Å². The summed E-state index contributed by atoms with van der Waals surface area (Å²) in [5, 5.41) is 0. The molecule has 0 N–H and O–H groups in total. The molecule has 0 saturated heterocycles. The van der Waals surface area contributed by atoms with E-state index < -0.39 is 0 Å². The predicted octanol–water partition coefficient (Wildman–Crippen LogP) is 10.4. The van der Waals surface area contributed by atoms with Gasteiger partial charge in [0.15, 0.2) is 0 Å². The number of anilines is 6. The second kappa shape index (κ2) is 9.92. The smallest absolute Gasteiger partial charge is 0.252 e. The van der Waals surface area contributed by atoms with Crippen molar-refractivity contribution in [2.75, 3.05) is 9.80 Å². The molecule has 2 aliphatic heterocycles. The fourth-order valence-electron chi connectivity index (χ4n) is 10.1. The van der Waals surface area contributed by atoms with Crippen molar-refractivity contribution >= 4 is 57.2 Å². The molecule has 0 amide bonds. The lowest BCUT2D eigenvalue weighted by atomic mass is 9.33. The lowest BCUT2D eigenvalue weighted by Gasteiger charge is -2.44. The summed E-state index contributed by atoms with van der Waals surface area (Å²) in [5.41, 5.74) is 22.3. The first-order valence-corrected chi connectivity index (χ1v) is 18.2. The highest BCUT2D eigenvalue weighted by Gasteiger charge is 2.44. The van der Waals surface area contributed by atoms with Crippen LogP contribution in [0.25, 0.3) is 22.3 Å². The fraction of sp³-hybridized carbons (Fsp3) is 0.125. The largest absolute Gasteiger partial charge is 0.311 e. The molecule has 242 valence electrons. The van der Waals surface area contributed by atoms with E-state index in [1.54, 1.807) is 0 Å². The van der Waals surface area contributed by atoms with E-state index >= 15 is 0 Å². The van der Waals surface area contributed by atoms with Crippen LogP contribution in [0.4, 0.5) is 34.1 Å². The molecule has 0 bridgehead atoms. The summed E-state index contributed by atoms with van der Waals surface area (Å²) < 4.78 is 0. The van der Waals surface area contributed by atoms with E-state index in [9.17, 15) is 0 Å². The Labute approximate surface area is 300 Å². The van der Waals surface area contributed by atoms with Crippen molar-refractivity contribution in [3.63, 3.8) is 0 Å². The van der Waals surface area contributed by atoms with Crippen molar-refractivity contribution in [3.8, 4) is 22.3 Å². The maximum Gasteiger partial charge on any atom is 0.252 e. The van der Waals surface area contributed by atoms with Gasteiger partial charge < -0.3 is 9.80 Å². The first-order valence-electron chi connectivity index (χ1n) is 18.2. The lowest BCUT2D eigenvalue weighted by Crippen LogP contribution is -2.61. The summed E-state index contributed by atoms with van der Waals surface area (Å²) in [6, 6.07) is 57.2.